The van der Waals surface area contributed by atoms with E-state index in [0.29, 0.717) is 6.54 Å². The number of hydrogen-bond donors (Lipinski definition) is 0. The smallest absolute Gasteiger partial charge is 0.173 e. The van der Waals surface area contributed by atoms with Crippen LogP contribution in [0.15, 0.2) is 54.6 Å². The van der Waals surface area contributed by atoms with Gasteiger partial charge in [0.05, 0.1) is 13.7 Å². The van der Waals surface area contributed by atoms with Crippen molar-refractivity contribution in [2.75, 3.05) is 20.2 Å². The molecule has 1 atom stereocenters. The van der Waals surface area contributed by atoms with Gasteiger partial charge in [0, 0.05) is 5.56 Å². The minimum absolute atomic E-state index is 0.0204. The number of hydrogen-bond acceptors (Lipinski definition) is 5. The molecule has 1 aromatic heterocycles. The molecule has 4 rings (SSSR count). The first kappa shape index (κ1) is 18.6. The number of aromatic nitrogens is 4. The van der Waals surface area contributed by atoms with Gasteiger partial charge in [0.2, 0.25) is 0 Å². The summed E-state index contributed by atoms with van der Waals surface area (Å²) in [6.45, 7) is 2.74. The number of benzene rings is 2. The van der Waals surface area contributed by atoms with Gasteiger partial charge < -0.3 is 4.74 Å². The van der Waals surface area contributed by atoms with E-state index in [0.717, 1.165) is 30.2 Å². The molecule has 6 nitrogen and oxygen atoms in total. The topological polar surface area (TPSA) is 56.1 Å². The summed E-state index contributed by atoms with van der Waals surface area (Å²) >= 11 is 0. The third kappa shape index (κ3) is 4.07. The van der Waals surface area contributed by atoms with E-state index in [1.165, 1.54) is 31.2 Å². The summed E-state index contributed by atoms with van der Waals surface area (Å²) in [5.74, 6) is 1.75. The fourth-order valence-corrected chi connectivity index (χ4v) is 4.02. The molecule has 1 saturated heterocycles. The van der Waals surface area contributed by atoms with E-state index in [1.807, 2.05) is 35.0 Å². The summed E-state index contributed by atoms with van der Waals surface area (Å²) in [5.41, 5.74) is 2.31. The number of tetrazole rings is 1. The molecular weight excluding hydrogens is 350 g/mol. The first-order valence-corrected chi connectivity index (χ1v) is 10.0. The predicted octanol–water partition coefficient (Wildman–Crippen LogP) is 3.70. The molecule has 146 valence electrons. The molecular formula is C22H27N5O. The molecule has 1 unspecified atom stereocenters. The molecule has 2 aromatic carbocycles. The molecule has 28 heavy (non-hydrogen) atoms. The highest BCUT2D eigenvalue weighted by Crippen LogP contribution is 2.35. The van der Waals surface area contributed by atoms with Gasteiger partial charge in [0.1, 0.15) is 11.8 Å². The van der Waals surface area contributed by atoms with Crippen molar-refractivity contribution < 1.29 is 4.74 Å². The Bertz CT molecular complexity index is 871. The van der Waals surface area contributed by atoms with Crippen molar-refractivity contribution in [3.8, 4) is 5.75 Å². The van der Waals surface area contributed by atoms with Crippen LogP contribution in [-0.4, -0.2) is 45.3 Å². The van der Waals surface area contributed by atoms with Crippen molar-refractivity contribution >= 4 is 0 Å². The largest absolute Gasteiger partial charge is 0.496 e. The van der Waals surface area contributed by atoms with Gasteiger partial charge in [-0.15, -0.1) is 5.10 Å². The van der Waals surface area contributed by atoms with Crippen LogP contribution < -0.4 is 4.74 Å². The monoisotopic (exact) mass is 377 g/mol. The molecule has 1 aliphatic rings. The molecule has 1 aliphatic heterocycles. The van der Waals surface area contributed by atoms with E-state index in [9.17, 15) is 0 Å². The van der Waals surface area contributed by atoms with Crippen molar-refractivity contribution in [3.63, 3.8) is 0 Å². The van der Waals surface area contributed by atoms with Crippen LogP contribution in [0.3, 0.4) is 0 Å². The summed E-state index contributed by atoms with van der Waals surface area (Å²) in [6, 6.07) is 18.5. The molecule has 0 aliphatic carbocycles. The predicted molar refractivity (Wildman–Crippen MR) is 108 cm³/mol. The van der Waals surface area contributed by atoms with Crippen molar-refractivity contribution in [1.29, 1.82) is 0 Å². The van der Waals surface area contributed by atoms with E-state index in [4.69, 9.17) is 4.74 Å². The third-order valence-electron chi connectivity index (χ3n) is 5.42. The maximum Gasteiger partial charge on any atom is 0.173 e. The van der Waals surface area contributed by atoms with Gasteiger partial charge in [-0.3, -0.25) is 4.90 Å². The van der Waals surface area contributed by atoms with Gasteiger partial charge in [-0.1, -0.05) is 61.4 Å². The van der Waals surface area contributed by atoms with E-state index in [1.54, 1.807) is 7.11 Å². The SMILES string of the molecule is COc1ccccc1C(c1nnnn1Cc1ccccc1)N1CCCCCC1. The lowest BCUT2D eigenvalue weighted by atomic mass is 10.0. The van der Waals surface area contributed by atoms with Crippen LogP contribution >= 0.6 is 0 Å². The Kier molecular flexibility index (Phi) is 5.97. The molecule has 2 heterocycles. The Morgan fingerprint density at radius 3 is 2.39 bits per heavy atom. The van der Waals surface area contributed by atoms with E-state index >= 15 is 0 Å². The van der Waals surface area contributed by atoms with Gasteiger partial charge in [-0.05, 0) is 48.0 Å². The molecule has 6 heteroatoms. The van der Waals surface area contributed by atoms with Gasteiger partial charge in [-0.2, -0.15) is 0 Å². The van der Waals surface area contributed by atoms with Crippen LogP contribution in [0.25, 0.3) is 0 Å². The zero-order valence-corrected chi connectivity index (χ0v) is 16.4. The van der Waals surface area contributed by atoms with Crippen molar-refractivity contribution in [2.45, 2.75) is 38.3 Å². The molecule has 0 spiro atoms. The molecule has 3 aromatic rings. The Morgan fingerprint density at radius 2 is 1.64 bits per heavy atom. The highest BCUT2D eigenvalue weighted by atomic mass is 16.5. The number of rotatable bonds is 6. The summed E-state index contributed by atoms with van der Waals surface area (Å²) in [7, 11) is 1.73. The number of para-hydroxylation sites is 1. The van der Waals surface area contributed by atoms with Crippen LogP contribution in [0.2, 0.25) is 0 Å². The maximum absolute atomic E-state index is 5.70. The summed E-state index contributed by atoms with van der Waals surface area (Å²) in [5, 5.41) is 12.8. The van der Waals surface area contributed by atoms with Crippen LogP contribution in [-0.2, 0) is 6.54 Å². The van der Waals surface area contributed by atoms with Crippen LogP contribution in [0.5, 0.6) is 5.75 Å². The zero-order chi connectivity index (χ0) is 19.2. The average molecular weight is 377 g/mol. The zero-order valence-electron chi connectivity index (χ0n) is 16.4. The van der Waals surface area contributed by atoms with E-state index in [2.05, 4.69) is 44.7 Å². The standard InChI is InChI=1S/C22H27N5O/c1-28-20-14-8-7-13-19(20)21(26-15-9-2-3-10-16-26)22-23-24-25-27(22)17-18-11-5-4-6-12-18/h4-8,11-14,21H,2-3,9-10,15-17H2,1H3. The number of methoxy groups -OCH3 is 1. The van der Waals surface area contributed by atoms with Crippen molar-refractivity contribution in [3.05, 3.63) is 71.5 Å². The van der Waals surface area contributed by atoms with Gasteiger partial charge in [0.25, 0.3) is 0 Å². The normalized spacial score (nSPS) is 16.5. The average Bonchev–Trinajstić information content (AvgIpc) is 3.01. The van der Waals surface area contributed by atoms with Crippen LogP contribution in [0, 0.1) is 0 Å². The Morgan fingerprint density at radius 1 is 0.929 bits per heavy atom. The van der Waals surface area contributed by atoms with Gasteiger partial charge in [-0.25, -0.2) is 4.68 Å². The summed E-state index contributed by atoms with van der Waals surface area (Å²) in [4.78, 5) is 2.51. The fraction of sp³-hybridized carbons (Fsp3) is 0.409. The van der Waals surface area contributed by atoms with Gasteiger partial charge in [0.15, 0.2) is 5.82 Å². The Hall–Kier alpha value is -2.73. The first-order valence-electron chi connectivity index (χ1n) is 10.0. The number of nitrogens with zero attached hydrogens (tertiary/aromatic N) is 5. The lowest BCUT2D eigenvalue weighted by Gasteiger charge is -2.31. The summed E-state index contributed by atoms with van der Waals surface area (Å²) in [6.07, 6.45) is 4.96. The minimum Gasteiger partial charge on any atom is -0.496 e. The highest BCUT2D eigenvalue weighted by Gasteiger charge is 2.30. The maximum atomic E-state index is 5.70. The first-order chi connectivity index (χ1) is 13.9. The third-order valence-corrected chi connectivity index (χ3v) is 5.42. The van der Waals surface area contributed by atoms with Crippen LogP contribution in [0.4, 0.5) is 0 Å². The second-order valence-electron chi connectivity index (χ2n) is 7.28. The van der Waals surface area contributed by atoms with Crippen LogP contribution in [0.1, 0.15) is 48.7 Å². The van der Waals surface area contributed by atoms with Crippen molar-refractivity contribution in [1.82, 2.24) is 25.1 Å². The highest BCUT2D eigenvalue weighted by molar-refractivity contribution is 5.39. The molecule has 0 N–H and O–H groups in total. The summed E-state index contributed by atoms with van der Waals surface area (Å²) < 4.78 is 7.63. The Labute approximate surface area is 166 Å². The molecule has 1 fully saturated rings. The molecule has 0 radical (unpaired) electrons. The minimum atomic E-state index is -0.0204. The van der Waals surface area contributed by atoms with E-state index < -0.39 is 0 Å². The second kappa shape index (κ2) is 8.97. The fourth-order valence-electron chi connectivity index (χ4n) is 4.02. The van der Waals surface area contributed by atoms with Crippen molar-refractivity contribution in [2.24, 2.45) is 0 Å². The number of likely N-dealkylation sites (tertiary alicyclic amines) is 1. The lowest BCUT2D eigenvalue weighted by molar-refractivity contribution is 0.217. The molecule has 0 saturated carbocycles. The number of ether oxygens (including phenoxy) is 1. The second-order valence-corrected chi connectivity index (χ2v) is 7.28. The molecule has 0 amide bonds. The Balaban J connectivity index is 1.75. The van der Waals surface area contributed by atoms with Gasteiger partial charge >= 0.3 is 0 Å². The lowest BCUT2D eigenvalue weighted by Crippen LogP contribution is -2.33. The molecule has 0 bridgehead atoms. The van der Waals surface area contributed by atoms with E-state index in [-0.39, 0.29) is 6.04 Å². The quantitative estimate of drug-likeness (QED) is 0.656.